The molecule has 10 heteroatoms. The van der Waals surface area contributed by atoms with Crippen LogP contribution in [0, 0.1) is 0 Å². The molecular formula is C28H32N6O4. The summed E-state index contributed by atoms with van der Waals surface area (Å²) in [5.74, 6) is 0.681. The van der Waals surface area contributed by atoms with Crippen LogP contribution in [0.4, 0.5) is 11.5 Å². The van der Waals surface area contributed by atoms with Crippen LogP contribution in [0.2, 0.25) is 0 Å². The van der Waals surface area contributed by atoms with Crippen LogP contribution in [0.1, 0.15) is 35.9 Å². The van der Waals surface area contributed by atoms with E-state index in [1.54, 1.807) is 38.6 Å². The van der Waals surface area contributed by atoms with Crippen LogP contribution in [0.15, 0.2) is 48.8 Å². The highest BCUT2D eigenvalue weighted by molar-refractivity contribution is 5.97. The van der Waals surface area contributed by atoms with Crippen LogP contribution in [-0.2, 0) is 6.54 Å². The number of hydrogen-bond acceptors (Lipinski definition) is 8. The molecule has 0 aliphatic carbocycles. The van der Waals surface area contributed by atoms with E-state index in [0.717, 1.165) is 23.0 Å². The number of aliphatic hydroxyl groups excluding tert-OH is 1. The number of nitrogens with zero attached hydrogens (tertiary/aromatic N) is 4. The lowest BCUT2D eigenvalue weighted by Gasteiger charge is -2.35. The number of aromatic nitrogens is 3. The number of nitrogens with two attached hydrogens (primary N) is 1. The summed E-state index contributed by atoms with van der Waals surface area (Å²) in [7, 11) is 3.12. The van der Waals surface area contributed by atoms with Crippen molar-refractivity contribution in [3.8, 4) is 22.8 Å². The number of amides is 1. The first-order chi connectivity index (χ1) is 18.3. The Morgan fingerprint density at radius 2 is 1.92 bits per heavy atom. The van der Waals surface area contributed by atoms with E-state index in [0.29, 0.717) is 36.0 Å². The van der Waals surface area contributed by atoms with E-state index in [4.69, 9.17) is 20.2 Å². The molecule has 1 aliphatic rings. The fourth-order valence-electron chi connectivity index (χ4n) is 4.80. The first-order valence-corrected chi connectivity index (χ1v) is 12.5. The van der Waals surface area contributed by atoms with Crippen molar-refractivity contribution in [3.05, 3.63) is 60.0 Å². The minimum Gasteiger partial charge on any atom is -0.493 e. The molecule has 0 bridgehead atoms. The summed E-state index contributed by atoms with van der Waals surface area (Å²) in [6, 6.07) is 11.8. The number of hydrogen-bond donors (Lipinski definition) is 3. The van der Waals surface area contributed by atoms with Crippen molar-refractivity contribution in [2.24, 2.45) is 5.73 Å². The van der Waals surface area contributed by atoms with E-state index >= 15 is 0 Å². The maximum absolute atomic E-state index is 12.1. The highest BCUT2D eigenvalue weighted by atomic mass is 16.5. The standard InChI is InChI=1S/C28H32N6O4/c1-16(2)34-13-18(12-33-14-20(35)15-33)21-7-5-17(9-23(21)34)22-11-30-26(27(29)36)28(32-22)31-19-6-8-24(37-3)25(10-19)38-4/h5-11,13,16,20,35H,12,14-15H2,1-4H3,(H2,29,36)(H,31,32). The predicted octanol–water partition coefficient (Wildman–Crippen LogP) is 3.72. The van der Waals surface area contributed by atoms with Gasteiger partial charge in [-0.25, -0.2) is 9.97 Å². The lowest BCUT2D eigenvalue weighted by molar-refractivity contribution is -0.00267. The highest BCUT2D eigenvalue weighted by Gasteiger charge is 2.25. The molecule has 198 valence electrons. The van der Waals surface area contributed by atoms with Gasteiger partial charge in [-0.2, -0.15) is 0 Å². The molecule has 1 aliphatic heterocycles. The Morgan fingerprint density at radius 1 is 1.16 bits per heavy atom. The van der Waals surface area contributed by atoms with Gasteiger partial charge in [-0.05, 0) is 37.6 Å². The molecule has 0 saturated carbocycles. The second kappa shape index (κ2) is 10.3. The number of ether oxygens (including phenoxy) is 2. The molecular weight excluding hydrogens is 484 g/mol. The van der Waals surface area contributed by atoms with Crippen molar-refractivity contribution in [2.45, 2.75) is 32.5 Å². The number of fused-ring (bicyclic) bond motifs is 1. The van der Waals surface area contributed by atoms with E-state index in [9.17, 15) is 9.90 Å². The lowest BCUT2D eigenvalue weighted by Crippen LogP contribution is -2.49. The Kier molecular flexibility index (Phi) is 6.92. The smallest absolute Gasteiger partial charge is 0.271 e. The molecule has 4 aromatic rings. The van der Waals surface area contributed by atoms with Gasteiger partial charge in [-0.3, -0.25) is 9.69 Å². The largest absolute Gasteiger partial charge is 0.493 e. The van der Waals surface area contributed by atoms with Gasteiger partial charge in [-0.1, -0.05) is 12.1 Å². The number of methoxy groups -OCH3 is 2. The van der Waals surface area contributed by atoms with Crippen LogP contribution < -0.4 is 20.5 Å². The third-order valence-corrected chi connectivity index (χ3v) is 6.75. The minimum absolute atomic E-state index is 0.0363. The fourth-order valence-corrected chi connectivity index (χ4v) is 4.80. The SMILES string of the molecule is COc1ccc(Nc2nc(-c3ccc4c(CN5CC(O)C5)cn(C(C)C)c4c3)cnc2C(N)=O)cc1OC. The van der Waals surface area contributed by atoms with Gasteiger partial charge in [0.2, 0.25) is 0 Å². The number of carbonyl (C=O) groups excluding carboxylic acids is 1. The molecule has 1 fully saturated rings. The lowest BCUT2D eigenvalue weighted by atomic mass is 10.1. The van der Waals surface area contributed by atoms with E-state index in [1.807, 2.05) is 6.07 Å². The number of likely N-dealkylation sites (tertiary alicyclic amines) is 1. The van der Waals surface area contributed by atoms with Gasteiger partial charge in [0, 0.05) is 60.1 Å². The highest BCUT2D eigenvalue weighted by Crippen LogP contribution is 2.33. The average molecular weight is 517 g/mol. The van der Waals surface area contributed by atoms with Gasteiger partial charge in [0.25, 0.3) is 5.91 Å². The Balaban J connectivity index is 1.52. The summed E-state index contributed by atoms with van der Waals surface area (Å²) in [6.07, 6.45) is 3.52. The van der Waals surface area contributed by atoms with Crippen molar-refractivity contribution in [1.82, 2.24) is 19.4 Å². The van der Waals surface area contributed by atoms with E-state index < -0.39 is 5.91 Å². The third-order valence-electron chi connectivity index (χ3n) is 6.75. The normalized spacial score (nSPS) is 14.1. The molecule has 0 atom stereocenters. The summed E-state index contributed by atoms with van der Waals surface area (Å²) in [5, 5.41) is 14.0. The zero-order chi connectivity index (χ0) is 27.0. The van der Waals surface area contributed by atoms with Gasteiger partial charge in [0.15, 0.2) is 23.0 Å². The monoisotopic (exact) mass is 516 g/mol. The number of benzene rings is 2. The number of nitrogens with one attached hydrogen (secondary N) is 1. The average Bonchev–Trinajstić information content (AvgIpc) is 3.25. The minimum atomic E-state index is -0.683. The van der Waals surface area contributed by atoms with Gasteiger partial charge >= 0.3 is 0 Å². The zero-order valence-corrected chi connectivity index (χ0v) is 21.9. The van der Waals surface area contributed by atoms with E-state index in [2.05, 4.69) is 51.9 Å². The van der Waals surface area contributed by atoms with Crippen LogP contribution in [0.5, 0.6) is 11.5 Å². The molecule has 2 aromatic carbocycles. The first kappa shape index (κ1) is 25.5. The summed E-state index contributed by atoms with van der Waals surface area (Å²) < 4.78 is 12.9. The van der Waals surface area contributed by atoms with E-state index in [1.165, 1.54) is 5.56 Å². The number of rotatable bonds is 9. The first-order valence-electron chi connectivity index (χ1n) is 12.5. The summed E-state index contributed by atoms with van der Waals surface area (Å²) >= 11 is 0. The molecule has 38 heavy (non-hydrogen) atoms. The van der Waals surface area contributed by atoms with Crippen molar-refractivity contribution in [1.29, 1.82) is 0 Å². The number of primary amides is 1. The molecule has 0 radical (unpaired) electrons. The second-order valence-corrected chi connectivity index (χ2v) is 9.75. The van der Waals surface area contributed by atoms with Crippen molar-refractivity contribution in [3.63, 3.8) is 0 Å². The molecule has 0 unspecified atom stereocenters. The molecule has 1 amide bonds. The van der Waals surface area contributed by atoms with Crippen molar-refractivity contribution < 1.29 is 19.4 Å². The molecule has 5 rings (SSSR count). The Bertz CT molecular complexity index is 1490. The number of carbonyl (C=O) groups is 1. The Hall–Kier alpha value is -4.15. The summed E-state index contributed by atoms with van der Waals surface area (Å²) in [5.41, 5.74) is 10.1. The topological polar surface area (TPSA) is 128 Å². The van der Waals surface area contributed by atoms with Crippen LogP contribution >= 0.6 is 0 Å². The maximum atomic E-state index is 12.1. The fraction of sp³-hybridized carbons (Fsp3) is 0.321. The van der Waals surface area contributed by atoms with E-state index in [-0.39, 0.29) is 23.7 Å². The summed E-state index contributed by atoms with van der Waals surface area (Å²) in [4.78, 5) is 23.4. The molecule has 2 aromatic heterocycles. The quantitative estimate of drug-likeness (QED) is 0.307. The maximum Gasteiger partial charge on any atom is 0.271 e. The molecule has 4 N–H and O–H groups in total. The number of aliphatic hydroxyl groups is 1. The second-order valence-electron chi connectivity index (χ2n) is 9.75. The molecule has 10 nitrogen and oxygen atoms in total. The zero-order valence-electron chi connectivity index (χ0n) is 21.9. The van der Waals surface area contributed by atoms with Crippen LogP contribution in [0.25, 0.3) is 22.2 Å². The molecule has 0 spiro atoms. The van der Waals surface area contributed by atoms with Crippen LogP contribution in [-0.4, -0.2) is 63.9 Å². The van der Waals surface area contributed by atoms with Gasteiger partial charge in [0.05, 0.1) is 32.2 Å². The van der Waals surface area contributed by atoms with Gasteiger partial charge in [0.1, 0.15) is 0 Å². The van der Waals surface area contributed by atoms with Crippen LogP contribution in [0.3, 0.4) is 0 Å². The third kappa shape index (κ3) is 4.88. The number of anilines is 2. The Morgan fingerprint density at radius 3 is 2.58 bits per heavy atom. The van der Waals surface area contributed by atoms with Gasteiger partial charge in [-0.15, -0.1) is 0 Å². The Labute approximate surface area is 221 Å². The van der Waals surface area contributed by atoms with Crippen molar-refractivity contribution in [2.75, 3.05) is 32.6 Å². The molecule has 1 saturated heterocycles. The van der Waals surface area contributed by atoms with Crippen molar-refractivity contribution >= 4 is 28.3 Å². The predicted molar refractivity (Wildman–Crippen MR) is 146 cm³/mol. The number of β-amino-alcohol motifs (C(OH)–C–C–N with tert-alkyl or cyclic N) is 1. The molecule has 3 heterocycles. The van der Waals surface area contributed by atoms with Gasteiger partial charge < -0.3 is 30.2 Å². The summed E-state index contributed by atoms with van der Waals surface area (Å²) in [6.45, 7) is 6.49.